The van der Waals surface area contributed by atoms with Gasteiger partial charge in [-0.2, -0.15) is 0 Å². The van der Waals surface area contributed by atoms with E-state index in [1.54, 1.807) is 13.2 Å². The Morgan fingerprint density at radius 1 is 1.27 bits per heavy atom. The summed E-state index contributed by atoms with van der Waals surface area (Å²) in [4.78, 5) is 8.74. The summed E-state index contributed by atoms with van der Waals surface area (Å²) in [6, 6.07) is 3.68. The SMILES string of the molecule is COc1cc(CO[P+](=O)O)cc(C)c1O[Si](C)(C)C(C)(C)C. The first-order chi connectivity index (χ1) is 9.98. The second kappa shape index (κ2) is 7.09. The van der Waals surface area contributed by atoms with E-state index >= 15 is 0 Å². The highest BCUT2D eigenvalue weighted by Gasteiger charge is 2.40. The van der Waals surface area contributed by atoms with Crippen molar-refractivity contribution in [3.63, 3.8) is 0 Å². The lowest BCUT2D eigenvalue weighted by atomic mass is 10.1. The maximum Gasteiger partial charge on any atom is 0.695 e. The monoisotopic (exact) mass is 345 g/mol. The van der Waals surface area contributed by atoms with E-state index in [1.807, 2.05) is 13.0 Å². The molecule has 1 aromatic rings. The lowest BCUT2D eigenvalue weighted by Gasteiger charge is -2.37. The normalized spacial score (nSPS) is 13.0. The number of ether oxygens (including phenoxy) is 1. The zero-order valence-electron chi connectivity index (χ0n) is 14.4. The van der Waals surface area contributed by atoms with Crippen molar-refractivity contribution >= 4 is 16.6 Å². The molecule has 7 heteroatoms. The Bertz CT molecular complexity index is 552. The van der Waals surface area contributed by atoms with E-state index in [0.717, 1.165) is 16.9 Å². The molecule has 0 saturated carbocycles. The molecule has 0 amide bonds. The maximum atomic E-state index is 10.7. The number of aryl methyl sites for hydroxylation is 1. The molecule has 0 aliphatic rings. The summed E-state index contributed by atoms with van der Waals surface area (Å²) in [5, 5.41) is 0.0848. The molecule has 1 rings (SSSR count). The molecule has 5 nitrogen and oxygen atoms in total. The van der Waals surface area contributed by atoms with Crippen molar-refractivity contribution in [3.05, 3.63) is 23.3 Å². The van der Waals surface area contributed by atoms with Crippen molar-refractivity contribution in [1.29, 1.82) is 0 Å². The third kappa shape index (κ3) is 4.78. The van der Waals surface area contributed by atoms with Crippen LogP contribution in [0, 0.1) is 6.92 Å². The molecule has 0 aliphatic carbocycles. The van der Waals surface area contributed by atoms with Crippen LogP contribution in [0.15, 0.2) is 12.1 Å². The summed E-state index contributed by atoms with van der Waals surface area (Å²) in [7, 11) is -3.00. The Morgan fingerprint density at radius 3 is 2.32 bits per heavy atom. The van der Waals surface area contributed by atoms with E-state index in [1.165, 1.54) is 0 Å². The van der Waals surface area contributed by atoms with Gasteiger partial charge in [0.2, 0.25) is 0 Å². The van der Waals surface area contributed by atoms with Crippen molar-refractivity contribution in [1.82, 2.24) is 0 Å². The number of rotatable bonds is 6. The third-order valence-corrected chi connectivity index (χ3v) is 8.70. The molecule has 0 fully saturated rings. The third-order valence-electron chi connectivity index (χ3n) is 4.03. The Balaban J connectivity index is 3.13. The Morgan fingerprint density at radius 2 is 1.86 bits per heavy atom. The highest BCUT2D eigenvalue weighted by molar-refractivity contribution is 7.32. The molecule has 0 aliphatic heterocycles. The molecule has 0 spiro atoms. The van der Waals surface area contributed by atoms with Gasteiger partial charge in [-0.25, -0.2) is 0 Å². The summed E-state index contributed by atoms with van der Waals surface area (Å²) in [5.41, 5.74) is 1.70. The Hall–Kier alpha value is -0.943. The number of methoxy groups -OCH3 is 1. The fourth-order valence-electron chi connectivity index (χ4n) is 1.72. The molecule has 22 heavy (non-hydrogen) atoms. The molecule has 0 saturated heterocycles. The fraction of sp³-hybridized carbons (Fsp3) is 0.600. The highest BCUT2D eigenvalue weighted by Crippen LogP contribution is 2.42. The van der Waals surface area contributed by atoms with Gasteiger partial charge in [0.15, 0.2) is 5.75 Å². The van der Waals surface area contributed by atoms with Crippen molar-refractivity contribution in [2.75, 3.05) is 7.11 Å². The van der Waals surface area contributed by atoms with E-state index in [9.17, 15) is 4.57 Å². The minimum atomic E-state index is -2.61. The Kier molecular flexibility index (Phi) is 6.16. The van der Waals surface area contributed by atoms with Crippen LogP contribution in [0.5, 0.6) is 11.5 Å². The smallest absolute Gasteiger partial charge is 0.541 e. The molecular weight excluding hydrogens is 319 g/mol. The molecule has 1 aromatic carbocycles. The minimum Gasteiger partial charge on any atom is -0.541 e. The molecule has 1 N–H and O–H groups in total. The van der Waals surface area contributed by atoms with Crippen molar-refractivity contribution in [2.45, 2.75) is 52.4 Å². The molecule has 0 heterocycles. The van der Waals surface area contributed by atoms with E-state index in [0.29, 0.717) is 5.75 Å². The lowest BCUT2D eigenvalue weighted by Crippen LogP contribution is -2.44. The number of benzene rings is 1. The second-order valence-electron chi connectivity index (χ2n) is 6.82. The van der Waals surface area contributed by atoms with Crippen LogP contribution in [0.1, 0.15) is 31.9 Å². The molecule has 0 bridgehead atoms. The van der Waals surface area contributed by atoms with Gasteiger partial charge in [0.1, 0.15) is 12.4 Å². The quantitative estimate of drug-likeness (QED) is 0.605. The van der Waals surface area contributed by atoms with E-state index < -0.39 is 16.6 Å². The van der Waals surface area contributed by atoms with Gasteiger partial charge in [-0.05, 0) is 48.3 Å². The van der Waals surface area contributed by atoms with Crippen molar-refractivity contribution in [3.8, 4) is 11.5 Å². The first-order valence-corrected chi connectivity index (χ1v) is 11.2. The fourth-order valence-corrected chi connectivity index (χ4v) is 3.05. The topological polar surface area (TPSA) is 65.0 Å². The van der Waals surface area contributed by atoms with Crippen LogP contribution >= 0.6 is 8.25 Å². The summed E-state index contributed by atoms with van der Waals surface area (Å²) < 4.78 is 27.2. The summed E-state index contributed by atoms with van der Waals surface area (Å²) in [6.07, 6.45) is 0. The van der Waals surface area contributed by atoms with Gasteiger partial charge in [-0.1, -0.05) is 20.8 Å². The number of hydrogen-bond donors (Lipinski definition) is 1. The summed E-state index contributed by atoms with van der Waals surface area (Å²) in [5.74, 6) is 1.36. The van der Waals surface area contributed by atoms with Crippen molar-refractivity contribution < 1.29 is 23.1 Å². The van der Waals surface area contributed by atoms with Crippen LogP contribution < -0.4 is 9.16 Å². The molecular formula is C15H26O5PSi+. The van der Waals surface area contributed by atoms with E-state index in [4.69, 9.17) is 18.6 Å². The van der Waals surface area contributed by atoms with Crippen LogP contribution in [0.25, 0.3) is 0 Å². The first kappa shape index (κ1) is 19.1. The van der Waals surface area contributed by atoms with Gasteiger partial charge < -0.3 is 9.16 Å². The highest BCUT2D eigenvalue weighted by atomic mass is 31.1. The predicted octanol–water partition coefficient (Wildman–Crippen LogP) is 4.55. The van der Waals surface area contributed by atoms with E-state index in [2.05, 4.69) is 33.9 Å². The minimum absolute atomic E-state index is 0.0588. The number of hydrogen-bond acceptors (Lipinski definition) is 4. The molecule has 1 atom stereocenters. The molecule has 1 unspecified atom stereocenters. The largest absolute Gasteiger partial charge is 0.695 e. The zero-order valence-corrected chi connectivity index (χ0v) is 16.3. The van der Waals surface area contributed by atoms with Crippen LogP contribution in [0.3, 0.4) is 0 Å². The van der Waals surface area contributed by atoms with E-state index in [-0.39, 0.29) is 11.6 Å². The maximum absolute atomic E-state index is 10.7. The van der Waals surface area contributed by atoms with Gasteiger partial charge in [0.05, 0.1) is 7.11 Å². The van der Waals surface area contributed by atoms with Crippen molar-refractivity contribution in [2.24, 2.45) is 0 Å². The summed E-state index contributed by atoms with van der Waals surface area (Å²) >= 11 is 0. The average molecular weight is 345 g/mol. The van der Waals surface area contributed by atoms with Gasteiger partial charge in [-0.3, -0.25) is 0 Å². The van der Waals surface area contributed by atoms with Crippen LogP contribution in [0.2, 0.25) is 18.1 Å². The second-order valence-corrected chi connectivity index (χ2v) is 12.3. The molecule has 0 aromatic heterocycles. The predicted molar refractivity (Wildman–Crippen MR) is 90.2 cm³/mol. The molecule has 124 valence electrons. The lowest BCUT2D eigenvalue weighted by molar-refractivity contribution is 0.271. The Labute approximate surface area is 134 Å². The van der Waals surface area contributed by atoms with Crippen LogP contribution in [-0.4, -0.2) is 20.3 Å². The zero-order chi connectivity index (χ0) is 17.1. The van der Waals surface area contributed by atoms with Gasteiger partial charge in [0.25, 0.3) is 8.32 Å². The van der Waals surface area contributed by atoms with Gasteiger partial charge >= 0.3 is 8.25 Å². The first-order valence-electron chi connectivity index (χ1n) is 7.13. The standard InChI is InChI=1S/C15H25O5PSi/c1-11-8-12(10-19-21(16)17)9-13(18-5)14(11)20-22(6,7)15(2,3)4/h8-9H,10H2,1-7H3/p+1. The average Bonchev–Trinajstić information content (AvgIpc) is 2.37. The van der Waals surface area contributed by atoms with Crippen LogP contribution in [0.4, 0.5) is 0 Å². The van der Waals surface area contributed by atoms with Gasteiger partial charge in [0, 0.05) is 4.57 Å². The summed E-state index contributed by atoms with van der Waals surface area (Å²) in [6.45, 7) is 12.9. The van der Waals surface area contributed by atoms with Crippen LogP contribution in [-0.2, 0) is 15.7 Å². The molecule has 0 radical (unpaired) electrons. The van der Waals surface area contributed by atoms with Gasteiger partial charge in [-0.15, -0.1) is 9.42 Å².